The van der Waals surface area contributed by atoms with Crippen molar-refractivity contribution in [2.45, 2.75) is 24.0 Å². The molecule has 0 unspecified atom stereocenters. The van der Waals surface area contributed by atoms with Crippen LogP contribution in [0.5, 0.6) is 5.75 Å². The highest BCUT2D eigenvalue weighted by molar-refractivity contribution is 9.10. The van der Waals surface area contributed by atoms with Gasteiger partial charge in [0.25, 0.3) is 0 Å². The monoisotopic (exact) mass is 495 g/mol. The molecule has 0 saturated heterocycles. The summed E-state index contributed by atoms with van der Waals surface area (Å²) in [5.74, 6) is -2.64. The van der Waals surface area contributed by atoms with Gasteiger partial charge in [-0.05, 0) is 35.9 Å². The number of nitrogens with one attached hydrogen (secondary N) is 1. The number of hydrogen-bond donors (Lipinski definition) is 1. The van der Waals surface area contributed by atoms with E-state index in [9.17, 15) is 39.2 Å². The zero-order valence-electron chi connectivity index (χ0n) is 13.3. The highest BCUT2D eigenvalue weighted by Gasteiger charge is 2.35. The molecule has 0 aliphatic carbocycles. The Balaban J connectivity index is 2.27. The van der Waals surface area contributed by atoms with Gasteiger partial charge in [0.05, 0.1) is 5.56 Å². The third-order valence-corrected chi connectivity index (χ3v) is 5.16. The summed E-state index contributed by atoms with van der Waals surface area (Å²) in [6.07, 6.45) is -10.1. The maximum Gasteiger partial charge on any atom is 0.573 e. The maximum absolute atomic E-state index is 13.5. The number of benzene rings is 2. The van der Waals surface area contributed by atoms with Crippen LogP contribution in [0.4, 0.5) is 30.7 Å². The summed E-state index contributed by atoms with van der Waals surface area (Å²) >= 11 is 2.88. The van der Waals surface area contributed by atoms with Crippen LogP contribution in [0.1, 0.15) is 11.1 Å². The fourth-order valence-electron chi connectivity index (χ4n) is 2.06. The Hall–Kier alpha value is -1.86. The van der Waals surface area contributed by atoms with E-state index in [1.807, 2.05) is 4.72 Å². The fraction of sp³-hybridized carbons (Fsp3) is 0.200. The van der Waals surface area contributed by atoms with Crippen LogP contribution in [-0.4, -0.2) is 14.8 Å². The minimum atomic E-state index is -5.17. The molecule has 0 saturated carbocycles. The van der Waals surface area contributed by atoms with Crippen molar-refractivity contribution in [1.29, 1.82) is 0 Å². The molecule has 0 heterocycles. The van der Waals surface area contributed by atoms with E-state index in [4.69, 9.17) is 0 Å². The van der Waals surface area contributed by atoms with E-state index in [1.165, 1.54) is 0 Å². The van der Waals surface area contributed by atoms with Crippen molar-refractivity contribution < 1.29 is 43.9 Å². The van der Waals surface area contributed by atoms with Gasteiger partial charge in [-0.25, -0.2) is 17.5 Å². The lowest BCUT2D eigenvalue weighted by Gasteiger charge is -2.15. The second kappa shape index (κ2) is 7.87. The van der Waals surface area contributed by atoms with Gasteiger partial charge in [-0.3, -0.25) is 0 Å². The van der Waals surface area contributed by atoms with E-state index in [2.05, 4.69) is 20.7 Å². The van der Waals surface area contributed by atoms with E-state index in [0.717, 1.165) is 24.3 Å². The molecule has 0 aliphatic rings. The van der Waals surface area contributed by atoms with Crippen molar-refractivity contribution in [3.05, 3.63) is 57.8 Å². The van der Waals surface area contributed by atoms with E-state index in [0.29, 0.717) is 12.1 Å². The molecule has 2 rings (SSSR count). The van der Waals surface area contributed by atoms with Crippen molar-refractivity contribution in [3.63, 3.8) is 0 Å². The van der Waals surface area contributed by atoms with Crippen LogP contribution >= 0.6 is 15.9 Å². The molecule has 0 spiro atoms. The first-order valence-corrected chi connectivity index (χ1v) is 9.37. The molecular formula is C15H9BrF7NO3S. The number of rotatable bonds is 5. The highest BCUT2D eigenvalue weighted by atomic mass is 79.9. The maximum atomic E-state index is 13.5. The average molecular weight is 496 g/mol. The first-order valence-electron chi connectivity index (χ1n) is 7.09. The van der Waals surface area contributed by atoms with E-state index in [-0.39, 0.29) is 10.0 Å². The van der Waals surface area contributed by atoms with Crippen molar-refractivity contribution in [3.8, 4) is 5.75 Å². The Morgan fingerprint density at radius 2 is 1.64 bits per heavy atom. The largest absolute Gasteiger partial charge is 0.573 e. The SMILES string of the molecule is O=S(=O)(NCc1ccc(C(F)(F)F)c(F)c1)c1ccc(Br)cc1OC(F)(F)F. The molecule has 0 amide bonds. The molecule has 0 atom stereocenters. The van der Waals surface area contributed by atoms with Gasteiger partial charge in [0, 0.05) is 11.0 Å². The molecule has 0 aromatic heterocycles. The third-order valence-electron chi connectivity index (χ3n) is 3.23. The number of alkyl halides is 6. The summed E-state index contributed by atoms with van der Waals surface area (Å²) in [7, 11) is -4.57. The topological polar surface area (TPSA) is 55.4 Å². The minimum Gasteiger partial charge on any atom is -0.404 e. The Labute approximate surface area is 162 Å². The lowest BCUT2D eigenvalue weighted by Crippen LogP contribution is -2.26. The number of ether oxygens (including phenoxy) is 1. The zero-order chi connectivity index (χ0) is 21.3. The van der Waals surface area contributed by atoms with Gasteiger partial charge in [-0.15, -0.1) is 13.2 Å². The zero-order valence-corrected chi connectivity index (χ0v) is 15.7. The van der Waals surface area contributed by atoms with Crippen LogP contribution in [0, 0.1) is 5.82 Å². The first kappa shape index (κ1) is 22.4. The number of halogens is 8. The normalized spacial score (nSPS) is 12.9. The second-order valence-electron chi connectivity index (χ2n) is 5.28. The summed E-state index contributed by atoms with van der Waals surface area (Å²) in [5.41, 5.74) is -1.71. The molecular weight excluding hydrogens is 487 g/mol. The van der Waals surface area contributed by atoms with Gasteiger partial charge in [0.15, 0.2) is 5.75 Å². The molecule has 0 bridgehead atoms. The quantitative estimate of drug-likeness (QED) is 0.595. The average Bonchev–Trinajstić information content (AvgIpc) is 2.50. The van der Waals surface area contributed by atoms with Gasteiger partial charge in [0.1, 0.15) is 10.7 Å². The van der Waals surface area contributed by atoms with Crippen molar-refractivity contribution in [1.82, 2.24) is 4.72 Å². The highest BCUT2D eigenvalue weighted by Crippen LogP contribution is 2.33. The molecule has 154 valence electrons. The van der Waals surface area contributed by atoms with E-state index < -0.39 is 51.1 Å². The summed E-state index contributed by atoms with van der Waals surface area (Å²) in [6.45, 7) is -0.668. The molecule has 2 aromatic carbocycles. The van der Waals surface area contributed by atoms with Crippen LogP contribution in [-0.2, 0) is 22.7 Å². The van der Waals surface area contributed by atoms with Gasteiger partial charge < -0.3 is 4.74 Å². The van der Waals surface area contributed by atoms with Crippen LogP contribution < -0.4 is 9.46 Å². The minimum absolute atomic E-state index is 0.107. The molecule has 1 N–H and O–H groups in total. The van der Waals surface area contributed by atoms with Crippen molar-refractivity contribution >= 4 is 26.0 Å². The lowest BCUT2D eigenvalue weighted by atomic mass is 10.1. The lowest BCUT2D eigenvalue weighted by molar-refractivity contribution is -0.275. The Morgan fingerprint density at radius 1 is 1.00 bits per heavy atom. The van der Waals surface area contributed by atoms with Crippen molar-refractivity contribution in [2.24, 2.45) is 0 Å². The van der Waals surface area contributed by atoms with Crippen LogP contribution in [0.15, 0.2) is 45.8 Å². The number of sulfonamides is 1. The Morgan fingerprint density at radius 3 is 2.18 bits per heavy atom. The Kier molecular flexibility index (Phi) is 6.31. The van der Waals surface area contributed by atoms with E-state index in [1.54, 1.807) is 0 Å². The van der Waals surface area contributed by atoms with Crippen LogP contribution in [0.25, 0.3) is 0 Å². The molecule has 28 heavy (non-hydrogen) atoms. The van der Waals surface area contributed by atoms with Gasteiger partial charge >= 0.3 is 12.5 Å². The smallest absolute Gasteiger partial charge is 0.404 e. The number of hydrogen-bond acceptors (Lipinski definition) is 3. The molecule has 0 radical (unpaired) electrons. The van der Waals surface area contributed by atoms with E-state index >= 15 is 0 Å². The van der Waals surface area contributed by atoms with Crippen molar-refractivity contribution in [2.75, 3.05) is 0 Å². The molecule has 0 aliphatic heterocycles. The molecule has 0 fully saturated rings. The predicted molar refractivity (Wildman–Crippen MR) is 86.3 cm³/mol. The summed E-state index contributed by atoms with van der Waals surface area (Å²) in [4.78, 5) is -0.861. The van der Waals surface area contributed by atoms with Gasteiger partial charge in [-0.1, -0.05) is 22.0 Å². The van der Waals surface area contributed by atoms with Crippen LogP contribution in [0.3, 0.4) is 0 Å². The van der Waals surface area contributed by atoms with Gasteiger partial charge in [0.2, 0.25) is 10.0 Å². The molecule has 13 heteroatoms. The molecule has 2 aromatic rings. The summed E-state index contributed by atoms with van der Waals surface area (Å²) in [6, 6.07) is 4.50. The third kappa shape index (κ3) is 5.82. The Bertz CT molecular complexity index is 975. The standard InChI is InChI=1S/C15H9BrF7NO3S/c16-9-2-4-13(12(6-9)27-15(21,22)23)28(25,26)24-7-8-1-3-10(11(17)5-8)14(18,19)20/h1-6,24H,7H2. The molecule has 4 nitrogen and oxygen atoms in total. The predicted octanol–water partition coefficient (Wildman–Crippen LogP) is 4.98. The summed E-state index contributed by atoms with van der Waals surface area (Å²) < 4.78 is 119. The summed E-state index contributed by atoms with van der Waals surface area (Å²) in [5, 5.41) is 0. The van der Waals surface area contributed by atoms with Crippen LogP contribution in [0.2, 0.25) is 0 Å². The fourth-order valence-corrected chi connectivity index (χ4v) is 3.53. The second-order valence-corrected chi connectivity index (χ2v) is 7.93. The first-order chi connectivity index (χ1) is 12.7. The van der Waals surface area contributed by atoms with Gasteiger partial charge in [-0.2, -0.15) is 13.2 Å².